The van der Waals surface area contributed by atoms with Gasteiger partial charge in [-0.25, -0.2) is 0 Å². The number of thiophene rings is 1. The maximum absolute atomic E-state index is 6.73. The van der Waals surface area contributed by atoms with Gasteiger partial charge in [0.2, 0.25) is 0 Å². The lowest BCUT2D eigenvalue weighted by atomic mass is 9.89. The Bertz CT molecular complexity index is 576. The van der Waals surface area contributed by atoms with Crippen LogP contribution >= 0.6 is 38.9 Å². The number of rotatable bonds is 2. The second-order valence-corrected chi connectivity index (χ2v) is 7.66. The predicted molar refractivity (Wildman–Crippen MR) is 84.6 cm³/mol. The van der Waals surface area contributed by atoms with Crippen LogP contribution in [0.2, 0.25) is 0 Å². The summed E-state index contributed by atoms with van der Waals surface area (Å²) in [6, 6.07) is 10.4. The summed E-state index contributed by atoms with van der Waals surface area (Å²) < 4.78 is 6.88. The lowest BCUT2D eigenvalue weighted by Crippen LogP contribution is -2.17. The van der Waals surface area contributed by atoms with Gasteiger partial charge in [0, 0.05) is 10.8 Å². The summed E-state index contributed by atoms with van der Waals surface area (Å²) in [4.78, 5) is 1.23. The average Bonchev–Trinajstić information content (AvgIpc) is 2.77. The number of aryl methyl sites for hydroxylation is 1. The third-order valence-corrected chi connectivity index (χ3v) is 6.39. The molecule has 100 valence electrons. The Labute approximate surface area is 130 Å². The van der Waals surface area contributed by atoms with Crippen LogP contribution in [0.15, 0.2) is 34.1 Å². The van der Waals surface area contributed by atoms with Gasteiger partial charge in [-0.15, -0.1) is 22.9 Å². The lowest BCUT2D eigenvalue weighted by Gasteiger charge is -2.28. The maximum Gasteiger partial charge on any atom is 0.122 e. The van der Waals surface area contributed by atoms with Crippen molar-refractivity contribution in [2.45, 2.75) is 24.6 Å². The molecule has 0 spiro atoms. The molecule has 3 rings (SSSR count). The van der Waals surface area contributed by atoms with E-state index in [-0.39, 0.29) is 5.38 Å². The summed E-state index contributed by atoms with van der Waals surface area (Å²) in [7, 11) is 0. The molecule has 0 fully saturated rings. The molecule has 0 saturated carbocycles. The molecule has 1 nitrogen and oxygen atoms in total. The third kappa shape index (κ3) is 2.56. The first-order valence-corrected chi connectivity index (χ1v) is 8.33. The van der Waals surface area contributed by atoms with Gasteiger partial charge in [0.05, 0.1) is 15.8 Å². The summed E-state index contributed by atoms with van der Waals surface area (Å²) in [5, 5.41) is 0.0139. The van der Waals surface area contributed by atoms with Crippen molar-refractivity contribution >= 4 is 38.9 Å². The Morgan fingerprint density at radius 3 is 2.95 bits per heavy atom. The van der Waals surface area contributed by atoms with Crippen molar-refractivity contribution in [3.8, 4) is 5.75 Å². The zero-order valence-corrected chi connectivity index (χ0v) is 13.7. The van der Waals surface area contributed by atoms with E-state index in [0.29, 0.717) is 5.92 Å². The fourth-order valence-electron chi connectivity index (χ4n) is 2.49. The van der Waals surface area contributed by atoms with E-state index in [1.807, 2.05) is 12.1 Å². The van der Waals surface area contributed by atoms with Gasteiger partial charge >= 0.3 is 0 Å². The molecule has 2 heterocycles. The van der Waals surface area contributed by atoms with Crippen LogP contribution in [0.25, 0.3) is 0 Å². The number of benzene rings is 1. The quantitative estimate of drug-likeness (QED) is 0.630. The molecule has 0 bridgehead atoms. The van der Waals surface area contributed by atoms with Gasteiger partial charge in [-0.05, 0) is 52.5 Å². The van der Waals surface area contributed by atoms with Crippen molar-refractivity contribution < 1.29 is 4.74 Å². The molecule has 0 aliphatic carbocycles. The number of hydrogen-bond donors (Lipinski definition) is 0. The minimum absolute atomic E-state index is 0.0139. The average molecular weight is 358 g/mol. The topological polar surface area (TPSA) is 9.23 Å². The van der Waals surface area contributed by atoms with Gasteiger partial charge in [0.1, 0.15) is 5.75 Å². The highest BCUT2D eigenvalue weighted by Crippen LogP contribution is 2.47. The highest BCUT2D eigenvalue weighted by Gasteiger charge is 2.29. The van der Waals surface area contributed by atoms with E-state index in [4.69, 9.17) is 16.3 Å². The Morgan fingerprint density at radius 1 is 1.42 bits per heavy atom. The predicted octanol–water partition coefficient (Wildman–Crippen LogP) is 5.67. The van der Waals surface area contributed by atoms with E-state index in [1.165, 1.54) is 19.8 Å². The number of para-hydroxylation sites is 1. The third-order valence-electron chi connectivity index (χ3n) is 3.51. The Hall–Kier alpha value is -0.510. The van der Waals surface area contributed by atoms with Crippen molar-refractivity contribution in [2.75, 3.05) is 6.61 Å². The second kappa shape index (κ2) is 5.47. The molecule has 2 aromatic rings. The van der Waals surface area contributed by atoms with E-state index >= 15 is 0 Å². The number of ether oxygens (including phenoxy) is 1. The van der Waals surface area contributed by atoms with Crippen LogP contribution in [-0.2, 0) is 0 Å². The number of halogens is 2. The van der Waals surface area contributed by atoms with Gasteiger partial charge in [0.15, 0.2) is 0 Å². The van der Waals surface area contributed by atoms with Gasteiger partial charge < -0.3 is 4.74 Å². The number of alkyl halides is 1. The van der Waals surface area contributed by atoms with Crippen molar-refractivity contribution in [2.24, 2.45) is 0 Å². The lowest BCUT2D eigenvalue weighted by molar-refractivity contribution is 0.265. The van der Waals surface area contributed by atoms with Gasteiger partial charge in [-0.3, -0.25) is 0 Å². The molecule has 19 heavy (non-hydrogen) atoms. The van der Waals surface area contributed by atoms with Crippen molar-refractivity contribution in [3.05, 3.63) is 50.1 Å². The molecule has 1 aliphatic rings. The summed E-state index contributed by atoms with van der Waals surface area (Å²) in [6.07, 6.45) is 0.972. The summed E-state index contributed by atoms with van der Waals surface area (Å²) >= 11 is 12.0. The molecule has 1 aromatic carbocycles. The number of hydrogen-bond acceptors (Lipinski definition) is 2. The zero-order chi connectivity index (χ0) is 13.4. The first kappa shape index (κ1) is 13.5. The Kier molecular flexibility index (Phi) is 3.88. The maximum atomic E-state index is 6.73. The summed E-state index contributed by atoms with van der Waals surface area (Å²) in [5.41, 5.74) is 2.49. The molecule has 1 aliphatic heterocycles. The van der Waals surface area contributed by atoms with Crippen LogP contribution < -0.4 is 4.74 Å². The number of fused-ring (bicyclic) bond motifs is 1. The first-order valence-electron chi connectivity index (χ1n) is 6.28. The standard InChI is InChI=1S/C15H14BrClOS/c1-9-8-13(19-15(9)16)14(17)11-6-7-18-12-5-3-2-4-10(11)12/h2-5,8,11,14H,6-7H2,1H3. The van der Waals surface area contributed by atoms with Crippen LogP contribution in [0.3, 0.4) is 0 Å². The fraction of sp³-hybridized carbons (Fsp3) is 0.333. The Balaban J connectivity index is 1.95. The molecule has 0 saturated heterocycles. The van der Waals surface area contributed by atoms with Crippen molar-refractivity contribution in [1.82, 2.24) is 0 Å². The minimum atomic E-state index is 0.0139. The molecule has 2 unspecified atom stereocenters. The van der Waals surface area contributed by atoms with E-state index in [1.54, 1.807) is 11.3 Å². The highest BCUT2D eigenvalue weighted by molar-refractivity contribution is 9.11. The highest BCUT2D eigenvalue weighted by atomic mass is 79.9. The molecule has 4 heteroatoms. The van der Waals surface area contributed by atoms with Gasteiger partial charge in [-0.2, -0.15) is 0 Å². The minimum Gasteiger partial charge on any atom is -0.493 e. The van der Waals surface area contributed by atoms with Crippen LogP contribution in [-0.4, -0.2) is 6.61 Å². The van der Waals surface area contributed by atoms with Crippen molar-refractivity contribution in [1.29, 1.82) is 0 Å². The summed E-state index contributed by atoms with van der Waals surface area (Å²) in [5.74, 6) is 1.31. The normalized spacial score (nSPS) is 19.6. The Morgan fingerprint density at radius 2 is 2.21 bits per heavy atom. The van der Waals surface area contributed by atoms with E-state index in [2.05, 4.69) is 41.1 Å². The van der Waals surface area contributed by atoms with E-state index in [0.717, 1.165) is 18.8 Å². The smallest absolute Gasteiger partial charge is 0.122 e. The van der Waals surface area contributed by atoms with Crippen LogP contribution in [0.4, 0.5) is 0 Å². The molecule has 0 amide bonds. The fourth-order valence-corrected chi connectivity index (χ4v) is 4.56. The molecule has 0 radical (unpaired) electrons. The van der Waals surface area contributed by atoms with Crippen LogP contribution in [0.1, 0.15) is 33.7 Å². The van der Waals surface area contributed by atoms with Crippen LogP contribution in [0, 0.1) is 6.92 Å². The molecular formula is C15H14BrClOS. The molecule has 1 aromatic heterocycles. The SMILES string of the molecule is Cc1cc(C(Cl)C2CCOc3ccccc32)sc1Br. The monoisotopic (exact) mass is 356 g/mol. The second-order valence-electron chi connectivity index (χ2n) is 4.79. The van der Waals surface area contributed by atoms with E-state index < -0.39 is 0 Å². The molecule has 0 N–H and O–H groups in total. The largest absolute Gasteiger partial charge is 0.493 e. The first-order chi connectivity index (χ1) is 9.16. The summed E-state index contributed by atoms with van der Waals surface area (Å²) in [6.45, 7) is 2.85. The van der Waals surface area contributed by atoms with E-state index in [9.17, 15) is 0 Å². The zero-order valence-electron chi connectivity index (χ0n) is 10.5. The van der Waals surface area contributed by atoms with Crippen LogP contribution in [0.5, 0.6) is 5.75 Å². The molecular weight excluding hydrogens is 344 g/mol. The van der Waals surface area contributed by atoms with Gasteiger partial charge in [-0.1, -0.05) is 18.2 Å². The van der Waals surface area contributed by atoms with Gasteiger partial charge in [0.25, 0.3) is 0 Å². The molecule has 2 atom stereocenters. The van der Waals surface area contributed by atoms with Crippen molar-refractivity contribution in [3.63, 3.8) is 0 Å².